The van der Waals surface area contributed by atoms with E-state index in [1.54, 1.807) is 0 Å². The van der Waals surface area contributed by atoms with E-state index in [1.807, 2.05) is 4.90 Å². The molecule has 7 heteroatoms. The van der Waals surface area contributed by atoms with Gasteiger partial charge < -0.3 is 19.3 Å². The molecule has 3 atom stereocenters. The summed E-state index contributed by atoms with van der Waals surface area (Å²) in [5, 5.41) is 13.3. The smallest absolute Gasteiger partial charge is 0.307 e. The van der Waals surface area contributed by atoms with Crippen LogP contribution in [0.3, 0.4) is 0 Å². The summed E-state index contributed by atoms with van der Waals surface area (Å²) in [6.07, 6.45) is 1.47. The van der Waals surface area contributed by atoms with E-state index >= 15 is 0 Å². The first kappa shape index (κ1) is 13.4. The first-order chi connectivity index (χ1) is 9.65. The highest BCUT2D eigenvalue weighted by Gasteiger charge is 2.41. The molecule has 7 nitrogen and oxygen atoms in total. The number of anilines is 1. The molecule has 1 aliphatic heterocycles. The summed E-state index contributed by atoms with van der Waals surface area (Å²) in [4.78, 5) is 17.7. The van der Waals surface area contributed by atoms with Crippen LogP contribution in [0.1, 0.15) is 31.6 Å². The van der Waals surface area contributed by atoms with Crippen LogP contribution in [0.15, 0.2) is 4.52 Å². The standard InChI is InChI=1S/C13H19N3O4/c1-8-6-9(10(7-8)12(17)18)11-14-13(15-20-11)16-2-4-19-5-3-16/h8-10H,2-7H2,1H3,(H,17,18). The summed E-state index contributed by atoms with van der Waals surface area (Å²) in [6, 6.07) is 0. The quantitative estimate of drug-likeness (QED) is 0.888. The Morgan fingerprint density at radius 2 is 2.10 bits per heavy atom. The molecule has 0 amide bonds. The van der Waals surface area contributed by atoms with E-state index in [2.05, 4.69) is 17.1 Å². The zero-order valence-electron chi connectivity index (χ0n) is 11.5. The maximum Gasteiger partial charge on any atom is 0.307 e. The maximum absolute atomic E-state index is 11.3. The summed E-state index contributed by atoms with van der Waals surface area (Å²) in [5.74, 6) is 0.0355. The zero-order valence-corrected chi connectivity index (χ0v) is 11.5. The molecular weight excluding hydrogens is 262 g/mol. The topological polar surface area (TPSA) is 88.7 Å². The van der Waals surface area contributed by atoms with Gasteiger partial charge in [0.1, 0.15) is 0 Å². The second-order valence-corrected chi connectivity index (χ2v) is 5.66. The zero-order chi connectivity index (χ0) is 14.1. The van der Waals surface area contributed by atoms with E-state index in [1.165, 1.54) is 0 Å². The van der Waals surface area contributed by atoms with Crippen LogP contribution >= 0.6 is 0 Å². The van der Waals surface area contributed by atoms with Crippen LogP contribution in [0, 0.1) is 11.8 Å². The molecule has 1 saturated carbocycles. The lowest BCUT2D eigenvalue weighted by molar-refractivity contribution is -0.142. The first-order valence-corrected chi connectivity index (χ1v) is 7.04. The van der Waals surface area contributed by atoms with Crippen LogP contribution in [0.5, 0.6) is 0 Å². The number of carboxylic acids is 1. The van der Waals surface area contributed by atoms with Gasteiger partial charge in [0, 0.05) is 13.1 Å². The van der Waals surface area contributed by atoms with Gasteiger partial charge in [-0.2, -0.15) is 4.98 Å². The second-order valence-electron chi connectivity index (χ2n) is 5.66. The van der Waals surface area contributed by atoms with E-state index in [9.17, 15) is 9.90 Å². The highest BCUT2D eigenvalue weighted by atomic mass is 16.5. The maximum atomic E-state index is 11.3. The molecule has 0 bridgehead atoms. The van der Waals surface area contributed by atoms with Crippen molar-refractivity contribution in [2.45, 2.75) is 25.7 Å². The van der Waals surface area contributed by atoms with Crippen LogP contribution in [0.2, 0.25) is 0 Å². The lowest BCUT2D eigenvalue weighted by atomic mass is 9.96. The number of carbonyl (C=O) groups is 1. The lowest BCUT2D eigenvalue weighted by Crippen LogP contribution is -2.36. The van der Waals surface area contributed by atoms with Gasteiger partial charge in [-0.3, -0.25) is 4.79 Å². The van der Waals surface area contributed by atoms with Crippen LogP contribution in [0.25, 0.3) is 0 Å². The number of carboxylic acid groups (broad SMARTS) is 1. The predicted molar refractivity (Wildman–Crippen MR) is 69.6 cm³/mol. The average molecular weight is 281 g/mol. The number of aromatic nitrogens is 2. The van der Waals surface area contributed by atoms with Gasteiger partial charge in [0.15, 0.2) is 0 Å². The van der Waals surface area contributed by atoms with Crippen molar-refractivity contribution in [2.75, 3.05) is 31.2 Å². The summed E-state index contributed by atoms with van der Waals surface area (Å²) < 4.78 is 10.6. The van der Waals surface area contributed by atoms with Crippen molar-refractivity contribution >= 4 is 11.9 Å². The van der Waals surface area contributed by atoms with Gasteiger partial charge in [0.2, 0.25) is 5.89 Å². The van der Waals surface area contributed by atoms with E-state index in [4.69, 9.17) is 9.26 Å². The van der Waals surface area contributed by atoms with Crippen molar-refractivity contribution in [3.05, 3.63) is 5.89 Å². The van der Waals surface area contributed by atoms with E-state index in [0.29, 0.717) is 37.4 Å². The van der Waals surface area contributed by atoms with Crippen LogP contribution in [0.4, 0.5) is 5.95 Å². The van der Waals surface area contributed by atoms with E-state index in [0.717, 1.165) is 19.5 Å². The van der Waals surface area contributed by atoms with Crippen molar-refractivity contribution in [3.63, 3.8) is 0 Å². The summed E-state index contributed by atoms with van der Waals surface area (Å²) in [7, 11) is 0. The van der Waals surface area contributed by atoms with Crippen molar-refractivity contribution in [2.24, 2.45) is 11.8 Å². The van der Waals surface area contributed by atoms with Crippen molar-refractivity contribution in [3.8, 4) is 0 Å². The summed E-state index contributed by atoms with van der Waals surface area (Å²) in [6.45, 7) is 4.85. The Bertz CT molecular complexity index is 484. The van der Waals surface area contributed by atoms with Gasteiger partial charge in [0.25, 0.3) is 5.95 Å². The fourth-order valence-electron chi connectivity index (χ4n) is 3.11. The molecule has 0 aromatic carbocycles. The monoisotopic (exact) mass is 281 g/mol. The Morgan fingerprint density at radius 1 is 1.35 bits per heavy atom. The fraction of sp³-hybridized carbons (Fsp3) is 0.769. The number of morpholine rings is 1. The molecule has 3 rings (SSSR count). The Balaban J connectivity index is 1.77. The third-order valence-corrected chi connectivity index (χ3v) is 4.16. The normalized spacial score (nSPS) is 30.6. The third kappa shape index (κ3) is 2.49. The van der Waals surface area contributed by atoms with Gasteiger partial charge in [0.05, 0.1) is 25.0 Å². The van der Waals surface area contributed by atoms with Crippen LogP contribution < -0.4 is 4.90 Å². The molecule has 1 aromatic heterocycles. The lowest BCUT2D eigenvalue weighted by Gasteiger charge is -2.24. The van der Waals surface area contributed by atoms with Gasteiger partial charge >= 0.3 is 5.97 Å². The van der Waals surface area contributed by atoms with Gasteiger partial charge in [-0.05, 0) is 23.9 Å². The minimum atomic E-state index is -0.773. The van der Waals surface area contributed by atoms with Crippen molar-refractivity contribution < 1.29 is 19.2 Å². The van der Waals surface area contributed by atoms with Gasteiger partial charge in [-0.15, -0.1) is 0 Å². The number of rotatable bonds is 3. The molecular formula is C13H19N3O4. The van der Waals surface area contributed by atoms with E-state index in [-0.39, 0.29) is 5.92 Å². The number of hydrogen-bond donors (Lipinski definition) is 1. The highest BCUT2D eigenvalue weighted by Crippen LogP contribution is 2.42. The Labute approximate surface area is 116 Å². The Hall–Kier alpha value is -1.63. The van der Waals surface area contributed by atoms with Crippen molar-refractivity contribution in [1.82, 2.24) is 10.1 Å². The Morgan fingerprint density at radius 3 is 2.80 bits per heavy atom. The number of ether oxygens (including phenoxy) is 1. The molecule has 2 fully saturated rings. The van der Waals surface area contributed by atoms with Crippen LogP contribution in [-0.2, 0) is 9.53 Å². The van der Waals surface area contributed by atoms with Gasteiger partial charge in [-0.25, -0.2) is 0 Å². The molecule has 1 N–H and O–H groups in total. The molecule has 110 valence electrons. The first-order valence-electron chi connectivity index (χ1n) is 7.04. The summed E-state index contributed by atoms with van der Waals surface area (Å²) >= 11 is 0. The third-order valence-electron chi connectivity index (χ3n) is 4.16. The average Bonchev–Trinajstić information content (AvgIpc) is 3.06. The number of hydrogen-bond acceptors (Lipinski definition) is 6. The molecule has 0 spiro atoms. The molecule has 20 heavy (non-hydrogen) atoms. The fourth-order valence-corrected chi connectivity index (χ4v) is 3.11. The SMILES string of the molecule is CC1CC(C(=O)O)C(c2nc(N3CCOCC3)no2)C1. The van der Waals surface area contributed by atoms with Gasteiger partial charge in [-0.1, -0.05) is 6.92 Å². The molecule has 3 unspecified atom stereocenters. The molecule has 1 saturated heterocycles. The van der Waals surface area contributed by atoms with Crippen LogP contribution in [-0.4, -0.2) is 47.5 Å². The Kier molecular flexibility index (Phi) is 3.60. The second kappa shape index (κ2) is 5.40. The molecule has 1 aliphatic carbocycles. The molecule has 1 aromatic rings. The minimum Gasteiger partial charge on any atom is -0.481 e. The molecule has 2 heterocycles. The van der Waals surface area contributed by atoms with Crippen molar-refractivity contribution in [1.29, 1.82) is 0 Å². The summed E-state index contributed by atoms with van der Waals surface area (Å²) in [5.41, 5.74) is 0. The predicted octanol–water partition coefficient (Wildman–Crippen LogP) is 1.12. The number of nitrogens with zero attached hydrogens (tertiary/aromatic N) is 3. The largest absolute Gasteiger partial charge is 0.481 e. The highest BCUT2D eigenvalue weighted by molar-refractivity contribution is 5.71. The minimum absolute atomic E-state index is 0.162. The molecule has 2 aliphatic rings. The molecule has 0 radical (unpaired) electrons. The van der Waals surface area contributed by atoms with E-state index < -0.39 is 11.9 Å². The number of aliphatic carboxylic acids is 1.